The van der Waals surface area contributed by atoms with Crippen LogP contribution in [0.3, 0.4) is 0 Å². The van der Waals surface area contributed by atoms with E-state index in [2.05, 4.69) is 34.6 Å². The molecule has 0 spiro atoms. The Morgan fingerprint density at radius 2 is 1.93 bits per heavy atom. The van der Waals surface area contributed by atoms with Crippen molar-refractivity contribution < 1.29 is 4.79 Å². The summed E-state index contributed by atoms with van der Waals surface area (Å²) in [5.41, 5.74) is 3.00. The molecule has 1 amide bonds. The van der Waals surface area contributed by atoms with Crippen LogP contribution in [0.4, 0.5) is 0 Å². The summed E-state index contributed by atoms with van der Waals surface area (Å²) in [4.78, 5) is 10.6. The molecule has 1 heterocycles. The normalized spacial score (nSPS) is 11.1. The third kappa shape index (κ3) is 5.58. The van der Waals surface area contributed by atoms with E-state index in [0.29, 0.717) is 32.5 Å². The van der Waals surface area contributed by atoms with Crippen LogP contribution in [0.1, 0.15) is 17.0 Å². The molecule has 0 unspecified atom stereocenters. The molecule has 5 nitrogen and oxygen atoms in total. The fourth-order valence-corrected chi connectivity index (χ4v) is 4.13. The van der Waals surface area contributed by atoms with Crippen molar-refractivity contribution in [2.75, 3.05) is 0 Å². The summed E-state index contributed by atoms with van der Waals surface area (Å²) in [7, 11) is 0. The molecule has 0 saturated heterocycles. The highest BCUT2D eigenvalue weighted by atomic mass is 35.5. The summed E-state index contributed by atoms with van der Waals surface area (Å²) in [5.74, 6) is 0.652. The zero-order valence-corrected chi connectivity index (χ0v) is 19.0. The van der Waals surface area contributed by atoms with Gasteiger partial charge in [-0.1, -0.05) is 82.4 Å². The predicted octanol–water partition coefficient (Wildman–Crippen LogP) is 5.59. The molecule has 0 atom stereocenters. The standard InChI is InChI=1S/C19H16Cl4N4OS/c1-11-4-2-3-5-12(11)10-29-19-26-25-16(9-24-18(28)17(22)23)27(19)15-8-13(20)6-7-14(15)21/h2-8,17H,9-10H2,1H3,(H,24,28). The van der Waals surface area contributed by atoms with Gasteiger partial charge in [0.15, 0.2) is 15.8 Å². The summed E-state index contributed by atoms with van der Waals surface area (Å²) in [6.45, 7) is 2.14. The van der Waals surface area contributed by atoms with E-state index >= 15 is 0 Å². The maximum Gasteiger partial charge on any atom is 0.253 e. The van der Waals surface area contributed by atoms with Gasteiger partial charge in [-0.05, 0) is 36.2 Å². The minimum absolute atomic E-state index is 0.0789. The highest BCUT2D eigenvalue weighted by molar-refractivity contribution is 7.98. The lowest BCUT2D eigenvalue weighted by molar-refractivity contribution is -0.119. The topological polar surface area (TPSA) is 59.8 Å². The molecule has 3 rings (SSSR count). The van der Waals surface area contributed by atoms with Crippen molar-refractivity contribution >= 4 is 64.1 Å². The van der Waals surface area contributed by atoms with Gasteiger partial charge in [-0.2, -0.15) is 0 Å². The summed E-state index contributed by atoms with van der Waals surface area (Å²) < 4.78 is 1.77. The van der Waals surface area contributed by atoms with Gasteiger partial charge in [0.2, 0.25) is 0 Å². The second-order valence-corrected chi connectivity index (χ2v) is 8.95. The van der Waals surface area contributed by atoms with E-state index in [9.17, 15) is 4.79 Å². The number of hydrogen-bond donors (Lipinski definition) is 1. The molecule has 0 aliphatic heterocycles. The number of aryl methyl sites for hydroxylation is 1. The first kappa shape index (κ1) is 22.2. The number of halogens is 4. The number of nitrogens with zero attached hydrogens (tertiary/aromatic N) is 3. The molecule has 152 valence electrons. The molecule has 0 fully saturated rings. The quantitative estimate of drug-likeness (QED) is 0.347. The van der Waals surface area contributed by atoms with Gasteiger partial charge in [0.05, 0.1) is 17.3 Å². The fraction of sp³-hybridized carbons (Fsp3) is 0.211. The van der Waals surface area contributed by atoms with E-state index in [4.69, 9.17) is 46.4 Å². The molecule has 29 heavy (non-hydrogen) atoms. The van der Waals surface area contributed by atoms with Crippen LogP contribution in [0, 0.1) is 6.92 Å². The Labute approximate surface area is 192 Å². The van der Waals surface area contributed by atoms with Crippen LogP contribution in [0.5, 0.6) is 0 Å². The Bertz CT molecular complexity index is 1030. The van der Waals surface area contributed by atoms with Crippen molar-refractivity contribution in [1.29, 1.82) is 0 Å². The van der Waals surface area contributed by atoms with Crippen LogP contribution in [-0.2, 0) is 17.1 Å². The smallest absolute Gasteiger partial charge is 0.253 e. The Kier molecular flexibility index (Phi) is 7.71. The number of hydrogen-bond acceptors (Lipinski definition) is 4. The first-order valence-electron chi connectivity index (χ1n) is 8.49. The molecule has 0 radical (unpaired) electrons. The summed E-state index contributed by atoms with van der Waals surface area (Å²) >= 11 is 25.3. The Morgan fingerprint density at radius 1 is 1.17 bits per heavy atom. The van der Waals surface area contributed by atoms with E-state index in [1.54, 1.807) is 22.8 Å². The number of rotatable bonds is 7. The monoisotopic (exact) mass is 488 g/mol. The van der Waals surface area contributed by atoms with Crippen molar-refractivity contribution in [3.8, 4) is 5.69 Å². The average molecular weight is 490 g/mol. The molecule has 0 aliphatic rings. The lowest BCUT2D eigenvalue weighted by atomic mass is 10.1. The molecule has 0 aliphatic carbocycles. The van der Waals surface area contributed by atoms with Crippen molar-refractivity contribution in [2.24, 2.45) is 0 Å². The lowest BCUT2D eigenvalue weighted by Gasteiger charge is -2.13. The second kappa shape index (κ2) is 10.0. The molecule has 10 heteroatoms. The number of aromatic nitrogens is 3. The van der Waals surface area contributed by atoms with E-state index in [-0.39, 0.29) is 6.54 Å². The molecular weight excluding hydrogens is 474 g/mol. The highest BCUT2D eigenvalue weighted by Crippen LogP contribution is 2.31. The van der Waals surface area contributed by atoms with Crippen molar-refractivity contribution in [3.63, 3.8) is 0 Å². The predicted molar refractivity (Wildman–Crippen MR) is 119 cm³/mol. The van der Waals surface area contributed by atoms with E-state index in [1.165, 1.54) is 22.9 Å². The van der Waals surface area contributed by atoms with Gasteiger partial charge in [0.25, 0.3) is 5.91 Å². The lowest BCUT2D eigenvalue weighted by Crippen LogP contribution is -2.29. The van der Waals surface area contributed by atoms with Crippen LogP contribution in [-0.4, -0.2) is 25.5 Å². The summed E-state index contributed by atoms with van der Waals surface area (Å²) in [5, 5.41) is 12.8. The fourth-order valence-electron chi connectivity index (χ4n) is 2.57. The number of alkyl halides is 2. The average Bonchev–Trinajstić information content (AvgIpc) is 3.09. The minimum Gasteiger partial charge on any atom is -0.346 e. The van der Waals surface area contributed by atoms with Gasteiger partial charge in [0, 0.05) is 10.8 Å². The molecule has 3 aromatic rings. The van der Waals surface area contributed by atoms with E-state index < -0.39 is 10.7 Å². The number of amides is 1. The number of nitrogens with one attached hydrogen (secondary N) is 1. The summed E-state index contributed by atoms with van der Waals surface area (Å²) in [6.07, 6.45) is 0. The first-order chi connectivity index (χ1) is 13.9. The molecule has 0 bridgehead atoms. The van der Waals surface area contributed by atoms with Crippen molar-refractivity contribution in [3.05, 3.63) is 69.5 Å². The van der Waals surface area contributed by atoms with Crippen LogP contribution in [0.15, 0.2) is 47.6 Å². The Balaban J connectivity index is 1.94. The third-order valence-electron chi connectivity index (χ3n) is 4.09. The van der Waals surface area contributed by atoms with Crippen molar-refractivity contribution in [1.82, 2.24) is 20.1 Å². The van der Waals surface area contributed by atoms with Crippen LogP contribution < -0.4 is 5.32 Å². The van der Waals surface area contributed by atoms with Gasteiger partial charge in [-0.25, -0.2) is 0 Å². The molecule has 1 aromatic heterocycles. The van der Waals surface area contributed by atoms with Gasteiger partial charge < -0.3 is 5.32 Å². The molecule has 0 saturated carbocycles. The minimum atomic E-state index is -1.17. The zero-order chi connectivity index (χ0) is 21.0. The Hall–Kier alpha value is -1.44. The van der Waals surface area contributed by atoms with Gasteiger partial charge >= 0.3 is 0 Å². The number of thioether (sulfide) groups is 1. The zero-order valence-electron chi connectivity index (χ0n) is 15.2. The van der Waals surface area contributed by atoms with Gasteiger partial charge in [-0.15, -0.1) is 10.2 Å². The number of carbonyl (C=O) groups is 1. The van der Waals surface area contributed by atoms with Crippen molar-refractivity contribution in [2.45, 2.75) is 29.2 Å². The third-order valence-corrected chi connectivity index (χ3v) is 6.02. The number of benzene rings is 2. The van der Waals surface area contributed by atoms with E-state index in [1.807, 2.05) is 12.1 Å². The first-order valence-corrected chi connectivity index (χ1v) is 11.1. The maximum absolute atomic E-state index is 11.8. The summed E-state index contributed by atoms with van der Waals surface area (Å²) in [6, 6.07) is 13.2. The molecule has 2 aromatic carbocycles. The van der Waals surface area contributed by atoms with Gasteiger partial charge in [-0.3, -0.25) is 9.36 Å². The SMILES string of the molecule is Cc1ccccc1CSc1nnc(CNC(=O)C(Cl)Cl)n1-c1cc(Cl)ccc1Cl. The maximum atomic E-state index is 11.8. The molecular formula is C19H16Cl4N4OS. The largest absolute Gasteiger partial charge is 0.346 e. The van der Waals surface area contributed by atoms with E-state index in [0.717, 1.165) is 0 Å². The second-order valence-electron chi connectivity index (χ2n) is 6.06. The van der Waals surface area contributed by atoms with Gasteiger partial charge in [0.1, 0.15) is 0 Å². The highest BCUT2D eigenvalue weighted by Gasteiger charge is 2.19. The molecule has 1 N–H and O–H groups in total. The number of carbonyl (C=O) groups excluding carboxylic acids is 1. The van der Waals surface area contributed by atoms with Crippen LogP contribution in [0.25, 0.3) is 5.69 Å². The van der Waals surface area contributed by atoms with Crippen LogP contribution in [0.2, 0.25) is 10.0 Å². The Morgan fingerprint density at radius 3 is 2.66 bits per heavy atom. The van der Waals surface area contributed by atoms with Crippen LogP contribution >= 0.6 is 58.2 Å².